The van der Waals surface area contributed by atoms with Crippen molar-refractivity contribution in [1.82, 2.24) is 4.90 Å². The molecule has 0 bridgehead atoms. The maximum absolute atomic E-state index is 12.2. The minimum absolute atomic E-state index is 0.0901. The van der Waals surface area contributed by atoms with Crippen molar-refractivity contribution in [3.63, 3.8) is 0 Å². The van der Waals surface area contributed by atoms with Gasteiger partial charge < -0.3 is 5.73 Å². The monoisotopic (exact) mass is 224 g/mol. The minimum Gasteiger partial charge on any atom is -0.327 e. The second kappa shape index (κ2) is 5.16. The fraction of sp³-hybridized carbons (Fsp3) is 1.00. The van der Waals surface area contributed by atoms with Crippen LogP contribution in [0.5, 0.6) is 0 Å². The van der Waals surface area contributed by atoms with E-state index in [2.05, 4.69) is 0 Å². The van der Waals surface area contributed by atoms with E-state index in [1.807, 2.05) is 0 Å². The highest BCUT2D eigenvalue weighted by atomic mass is 19.4. The van der Waals surface area contributed by atoms with Crippen LogP contribution in [0.4, 0.5) is 13.2 Å². The van der Waals surface area contributed by atoms with E-state index in [4.69, 9.17) is 5.73 Å². The lowest BCUT2D eigenvalue weighted by Crippen LogP contribution is -2.40. The molecule has 2 atom stereocenters. The molecule has 0 aromatic rings. The normalized spacial score (nSPS) is 27.6. The third-order valence-corrected chi connectivity index (χ3v) is 3.06. The summed E-state index contributed by atoms with van der Waals surface area (Å²) >= 11 is 0. The van der Waals surface area contributed by atoms with Gasteiger partial charge in [0.05, 0.1) is 6.54 Å². The Labute approximate surface area is 88.6 Å². The fourth-order valence-electron chi connectivity index (χ4n) is 2.18. The highest BCUT2D eigenvalue weighted by molar-refractivity contribution is 4.82. The first kappa shape index (κ1) is 12.8. The average Bonchev–Trinajstić information content (AvgIpc) is 2.48. The first-order valence-electron chi connectivity index (χ1n) is 5.47. The summed E-state index contributed by atoms with van der Waals surface area (Å²) in [6, 6.07) is 0.0901. The molecule has 0 amide bonds. The van der Waals surface area contributed by atoms with Crippen molar-refractivity contribution in [2.45, 2.75) is 38.4 Å². The highest BCUT2D eigenvalue weighted by Crippen LogP contribution is 2.26. The quantitative estimate of drug-likeness (QED) is 0.791. The fourth-order valence-corrected chi connectivity index (χ4v) is 2.18. The lowest BCUT2D eigenvalue weighted by Gasteiger charge is -2.26. The second-order valence-electron chi connectivity index (χ2n) is 4.30. The van der Waals surface area contributed by atoms with E-state index in [0.717, 1.165) is 19.3 Å². The van der Waals surface area contributed by atoms with Gasteiger partial charge in [0.2, 0.25) is 0 Å². The maximum Gasteiger partial charge on any atom is 0.401 e. The molecule has 0 saturated heterocycles. The predicted molar refractivity (Wildman–Crippen MR) is 53.5 cm³/mol. The number of rotatable bonds is 4. The molecule has 1 saturated carbocycles. The van der Waals surface area contributed by atoms with Gasteiger partial charge in [-0.05, 0) is 25.3 Å². The summed E-state index contributed by atoms with van der Waals surface area (Å²) < 4.78 is 36.6. The molecule has 15 heavy (non-hydrogen) atoms. The third kappa shape index (κ3) is 4.38. The van der Waals surface area contributed by atoms with Crippen molar-refractivity contribution < 1.29 is 13.2 Å². The van der Waals surface area contributed by atoms with E-state index in [1.165, 1.54) is 4.90 Å². The Morgan fingerprint density at radius 1 is 1.33 bits per heavy atom. The average molecular weight is 224 g/mol. The zero-order chi connectivity index (χ0) is 11.5. The van der Waals surface area contributed by atoms with Gasteiger partial charge in [-0.25, -0.2) is 0 Å². The number of hydrogen-bond donors (Lipinski definition) is 1. The van der Waals surface area contributed by atoms with Gasteiger partial charge >= 0.3 is 6.18 Å². The largest absolute Gasteiger partial charge is 0.401 e. The lowest BCUT2D eigenvalue weighted by atomic mass is 10.0. The predicted octanol–water partition coefficient (Wildman–Crippen LogP) is 2.00. The van der Waals surface area contributed by atoms with Crippen molar-refractivity contribution in [3.8, 4) is 0 Å². The molecule has 1 fully saturated rings. The van der Waals surface area contributed by atoms with E-state index in [0.29, 0.717) is 13.1 Å². The molecule has 2 unspecified atom stereocenters. The lowest BCUT2D eigenvalue weighted by molar-refractivity contribution is -0.146. The number of alkyl halides is 3. The van der Waals surface area contributed by atoms with Crippen LogP contribution >= 0.6 is 0 Å². The van der Waals surface area contributed by atoms with Crippen molar-refractivity contribution in [1.29, 1.82) is 0 Å². The first-order valence-corrected chi connectivity index (χ1v) is 5.47. The molecule has 0 heterocycles. The summed E-state index contributed by atoms with van der Waals surface area (Å²) in [6.45, 7) is 1.86. The zero-order valence-electron chi connectivity index (χ0n) is 9.06. The van der Waals surface area contributed by atoms with Crippen molar-refractivity contribution in [2.75, 3.05) is 19.6 Å². The summed E-state index contributed by atoms with van der Waals surface area (Å²) in [5.74, 6) is 0.243. The van der Waals surface area contributed by atoms with Crippen molar-refractivity contribution >= 4 is 0 Å². The van der Waals surface area contributed by atoms with Crippen molar-refractivity contribution in [3.05, 3.63) is 0 Å². The number of nitrogens with zero attached hydrogens (tertiary/aromatic N) is 1. The molecule has 0 radical (unpaired) electrons. The van der Waals surface area contributed by atoms with Gasteiger partial charge in [0, 0.05) is 12.6 Å². The van der Waals surface area contributed by atoms with Crippen LogP contribution in [0.15, 0.2) is 0 Å². The minimum atomic E-state index is -4.10. The van der Waals surface area contributed by atoms with Gasteiger partial charge in [0.25, 0.3) is 0 Å². The molecule has 90 valence electrons. The molecule has 0 aliphatic heterocycles. The molecule has 1 aliphatic carbocycles. The van der Waals surface area contributed by atoms with Gasteiger partial charge in [-0.15, -0.1) is 0 Å². The van der Waals surface area contributed by atoms with E-state index >= 15 is 0 Å². The van der Waals surface area contributed by atoms with Gasteiger partial charge in [-0.3, -0.25) is 4.90 Å². The molecular formula is C10H19F3N2. The van der Waals surface area contributed by atoms with Gasteiger partial charge in [0.1, 0.15) is 0 Å². The van der Waals surface area contributed by atoms with E-state index in [-0.39, 0.29) is 12.0 Å². The Morgan fingerprint density at radius 2 is 2.00 bits per heavy atom. The second-order valence-corrected chi connectivity index (χ2v) is 4.30. The third-order valence-electron chi connectivity index (χ3n) is 3.06. The Hall–Kier alpha value is -0.290. The Morgan fingerprint density at radius 3 is 2.40 bits per heavy atom. The Kier molecular flexibility index (Phi) is 4.40. The maximum atomic E-state index is 12.2. The smallest absolute Gasteiger partial charge is 0.327 e. The topological polar surface area (TPSA) is 29.3 Å². The van der Waals surface area contributed by atoms with E-state index in [1.54, 1.807) is 6.92 Å². The number of halogens is 3. The van der Waals surface area contributed by atoms with Crippen LogP contribution in [0.25, 0.3) is 0 Å². The van der Waals surface area contributed by atoms with Crippen LogP contribution in [0, 0.1) is 5.92 Å². The summed E-state index contributed by atoms with van der Waals surface area (Å²) in [5.41, 5.74) is 5.84. The first-order chi connectivity index (χ1) is 6.92. The summed E-state index contributed by atoms with van der Waals surface area (Å²) in [4.78, 5) is 1.44. The van der Waals surface area contributed by atoms with Gasteiger partial charge in [0.15, 0.2) is 0 Å². The molecule has 0 aromatic heterocycles. The van der Waals surface area contributed by atoms with Crippen LogP contribution in [-0.2, 0) is 0 Å². The molecule has 1 aliphatic rings. The number of hydrogen-bond acceptors (Lipinski definition) is 2. The van der Waals surface area contributed by atoms with Crippen molar-refractivity contribution in [2.24, 2.45) is 11.7 Å². The standard InChI is InChI=1S/C10H19F3N2/c1-2-15(7-10(11,12)13)6-8-4-3-5-9(8)14/h8-9H,2-7,14H2,1H3. The summed E-state index contributed by atoms with van der Waals surface area (Å²) in [7, 11) is 0. The highest BCUT2D eigenvalue weighted by Gasteiger charge is 2.32. The SMILES string of the molecule is CCN(CC1CCCC1N)CC(F)(F)F. The summed E-state index contributed by atoms with van der Waals surface area (Å²) in [5, 5.41) is 0. The van der Waals surface area contributed by atoms with E-state index < -0.39 is 12.7 Å². The molecule has 1 rings (SSSR count). The van der Waals surface area contributed by atoms with Crippen LogP contribution in [0.2, 0.25) is 0 Å². The van der Waals surface area contributed by atoms with Crippen LogP contribution < -0.4 is 5.73 Å². The molecule has 0 spiro atoms. The Balaban J connectivity index is 2.39. The van der Waals surface area contributed by atoms with Gasteiger partial charge in [-0.1, -0.05) is 13.3 Å². The summed E-state index contributed by atoms with van der Waals surface area (Å²) in [6.07, 6.45) is -1.13. The molecule has 2 N–H and O–H groups in total. The van der Waals surface area contributed by atoms with E-state index in [9.17, 15) is 13.2 Å². The Bertz CT molecular complexity index is 194. The van der Waals surface area contributed by atoms with Crippen LogP contribution in [-0.4, -0.2) is 36.8 Å². The molecule has 2 nitrogen and oxygen atoms in total. The molecule has 5 heteroatoms. The molecular weight excluding hydrogens is 205 g/mol. The van der Waals surface area contributed by atoms with Gasteiger partial charge in [-0.2, -0.15) is 13.2 Å². The van der Waals surface area contributed by atoms with Crippen LogP contribution in [0.1, 0.15) is 26.2 Å². The van der Waals surface area contributed by atoms with Crippen LogP contribution in [0.3, 0.4) is 0 Å². The number of nitrogens with two attached hydrogens (primary N) is 1. The zero-order valence-corrected chi connectivity index (χ0v) is 9.06. The molecule has 0 aromatic carbocycles.